The van der Waals surface area contributed by atoms with Crippen molar-refractivity contribution in [1.82, 2.24) is 19.4 Å². The number of carbonyl (C=O) groups excluding carboxylic acids is 1. The molecule has 2 aromatic heterocycles. The minimum Gasteiger partial charge on any atom is -0.342 e. The minimum absolute atomic E-state index is 0.0531. The van der Waals surface area contributed by atoms with E-state index in [-0.39, 0.29) is 5.91 Å². The zero-order valence-corrected chi connectivity index (χ0v) is 15.5. The summed E-state index contributed by atoms with van der Waals surface area (Å²) in [5.41, 5.74) is 2.79. The Morgan fingerprint density at radius 2 is 1.78 bits per heavy atom. The van der Waals surface area contributed by atoms with Crippen LogP contribution < -0.4 is 4.90 Å². The normalized spacial score (nSPS) is 21.8. The number of amides is 1. The second-order valence-corrected chi connectivity index (χ2v) is 7.50. The first kappa shape index (κ1) is 16.3. The van der Waals surface area contributed by atoms with Crippen LogP contribution in [-0.2, 0) is 6.54 Å². The number of benzene rings is 1. The minimum atomic E-state index is 0.0531. The van der Waals surface area contributed by atoms with Crippen LogP contribution in [0.2, 0.25) is 0 Å². The van der Waals surface area contributed by atoms with Crippen LogP contribution >= 0.6 is 0 Å². The van der Waals surface area contributed by atoms with E-state index in [1.807, 2.05) is 23.1 Å². The van der Waals surface area contributed by atoms with Crippen molar-refractivity contribution in [2.75, 3.05) is 31.1 Å². The maximum Gasteiger partial charge on any atom is 0.272 e. The van der Waals surface area contributed by atoms with E-state index in [0.29, 0.717) is 17.5 Å². The SMILES string of the molecule is CCn1c(N2CC3CN(C(=O)c4ccccn4)CC3C2)nc2ccccc21. The largest absolute Gasteiger partial charge is 0.342 e. The van der Waals surface area contributed by atoms with Crippen LogP contribution in [0.25, 0.3) is 11.0 Å². The number of likely N-dealkylation sites (tertiary alicyclic amines) is 1. The maximum absolute atomic E-state index is 12.7. The van der Waals surface area contributed by atoms with Gasteiger partial charge in [-0.25, -0.2) is 4.98 Å². The smallest absolute Gasteiger partial charge is 0.272 e. The van der Waals surface area contributed by atoms with Crippen LogP contribution in [0.15, 0.2) is 48.7 Å². The number of nitrogens with zero attached hydrogens (tertiary/aromatic N) is 5. The molecule has 6 heteroatoms. The summed E-state index contributed by atoms with van der Waals surface area (Å²) in [5, 5.41) is 0. The van der Waals surface area contributed by atoms with Crippen molar-refractivity contribution >= 4 is 22.9 Å². The van der Waals surface area contributed by atoms with Gasteiger partial charge in [-0.3, -0.25) is 9.78 Å². The van der Waals surface area contributed by atoms with E-state index >= 15 is 0 Å². The van der Waals surface area contributed by atoms with E-state index in [0.717, 1.165) is 44.2 Å². The van der Waals surface area contributed by atoms with Gasteiger partial charge in [0.1, 0.15) is 5.69 Å². The van der Waals surface area contributed by atoms with Gasteiger partial charge in [-0.1, -0.05) is 18.2 Å². The van der Waals surface area contributed by atoms with Crippen LogP contribution in [0.4, 0.5) is 5.95 Å². The molecule has 6 nitrogen and oxygen atoms in total. The standard InChI is InChI=1S/C21H23N5O/c1-2-26-19-9-4-3-7-17(19)23-21(26)25-13-15-11-24(12-16(15)14-25)20(27)18-8-5-6-10-22-18/h3-10,15-16H,2,11-14H2,1H3. The molecule has 0 radical (unpaired) electrons. The van der Waals surface area contributed by atoms with Crippen molar-refractivity contribution in [3.8, 4) is 0 Å². The fraction of sp³-hybridized carbons (Fsp3) is 0.381. The third-order valence-electron chi connectivity index (χ3n) is 5.89. The molecule has 138 valence electrons. The number of hydrogen-bond donors (Lipinski definition) is 0. The molecular formula is C21H23N5O. The number of rotatable bonds is 3. The highest BCUT2D eigenvalue weighted by atomic mass is 16.2. The summed E-state index contributed by atoms with van der Waals surface area (Å²) in [5.74, 6) is 2.12. The molecule has 1 amide bonds. The number of aromatic nitrogens is 3. The Balaban J connectivity index is 1.34. The number of anilines is 1. The van der Waals surface area contributed by atoms with E-state index < -0.39 is 0 Å². The van der Waals surface area contributed by atoms with Gasteiger partial charge in [0.15, 0.2) is 0 Å². The molecule has 2 aliphatic heterocycles. The van der Waals surface area contributed by atoms with E-state index in [4.69, 9.17) is 4.98 Å². The van der Waals surface area contributed by atoms with Crippen molar-refractivity contribution in [3.05, 3.63) is 54.4 Å². The number of imidazole rings is 1. The van der Waals surface area contributed by atoms with Gasteiger partial charge >= 0.3 is 0 Å². The molecule has 1 aromatic carbocycles. The fourth-order valence-corrected chi connectivity index (χ4v) is 4.59. The summed E-state index contributed by atoms with van der Waals surface area (Å²) in [7, 11) is 0. The van der Waals surface area contributed by atoms with Crippen molar-refractivity contribution in [3.63, 3.8) is 0 Å². The molecule has 2 unspecified atom stereocenters. The van der Waals surface area contributed by atoms with E-state index in [1.165, 1.54) is 5.52 Å². The molecule has 2 saturated heterocycles. The molecule has 0 spiro atoms. The van der Waals surface area contributed by atoms with Crippen molar-refractivity contribution in [2.45, 2.75) is 13.5 Å². The van der Waals surface area contributed by atoms with Gasteiger partial charge in [0.2, 0.25) is 5.95 Å². The Morgan fingerprint density at radius 3 is 2.48 bits per heavy atom. The van der Waals surface area contributed by atoms with Gasteiger partial charge in [-0.05, 0) is 31.2 Å². The van der Waals surface area contributed by atoms with Crippen LogP contribution in [0.3, 0.4) is 0 Å². The van der Waals surface area contributed by atoms with Crippen LogP contribution in [0, 0.1) is 11.8 Å². The van der Waals surface area contributed by atoms with Gasteiger partial charge in [0, 0.05) is 50.8 Å². The zero-order valence-electron chi connectivity index (χ0n) is 15.5. The molecular weight excluding hydrogens is 338 g/mol. The summed E-state index contributed by atoms with van der Waals surface area (Å²) in [4.78, 5) is 26.2. The number of para-hydroxylation sites is 2. The van der Waals surface area contributed by atoms with Crippen molar-refractivity contribution < 1.29 is 4.79 Å². The molecule has 0 saturated carbocycles. The molecule has 2 fully saturated rings. The fourth-order valence-electron chi connectivity index (χ4n) is 4.59. The number of carbonyl (C=O) groups is 1. The second kappa shape index (κ2) is 6.37. The molecule has 3 aromatic rings. The van der Waals surface area contributed by atoms with E-state index in [9.17, 15) is 4.79 Å². The Morgan fingerprint density at radius 1 is 1.04 bits per heavy atom. The lowest BCUT2D eigenvalue weighted by atomic mass is 10.0. The first-order chi connectivity index (χ1) is 13.2. The molecule has 0 bridgehead atoms. The predicted octanol–water partition coefficient (Wildman–Crippen LogP) is 2.66. The van der Waals surface area contributed by atoms with Crippen LogP contribution in [-0.4, -0.2) is 51.5 Å². The predicted molar refractivity (Wildman–Crippen MR) is 105 cm³/mol. The lowest BCUT2D eigenvalue weighted by Gasteiger charge is -2.23. The Hall–Kier alpha value is -2.89. The highest BCUT2D eigenvalue weighted by molar-refractivity contribution is 5.92. The van der Waals surface area contributed by atoms with Gasteiger partial charge in [0.05, 0.1) is 11.0 Å². The Kier molecular flexibility index (Phi) is 3.85. The summed E-state index contributed by atoms with van der Waals surface area (Å²) in [6.07, 6.45) is 1.68. The van der Waals surface area contributed by atoms with Crippen molar-refractivity contribution in [1.29, 1.82) is 0 Å². The highest BCUT2D eigenvalue weighted by Gasteiger charge is 2.43. The Bertz CT molecular complexity index is 969. The van der Waals surface area contributed by atoms with E-state index in [1.54, 1.807) is 12.3 Å². The summed E-state index contributed by atoms with van der Waals surface area (Å²) < 4.78 is 2.30. The third-order valence-corrected chi connectivity index (χ3v) is 5.89. The monoisotopic (exact) mass is 361 g/mol. The molecule has 0 N–H and O–H groups in total. The molecule has 2 aliphatic rings. The lowest BCUT2D eigenvalue weighted by molar-refractivity contribution is 0.0776. The van der Waals surface area contributed by atoms with Gasteiger partial charge < -0.3 is 14.4 Å². The Labute approximate surface area is 158 Å². The number of fused-ring (bicyclic) bond motifs is 2. The summed E-state index contributed by atoms with van der Waals surface area (Å²) in [6, 6.07) is 13.8. The molecule has 4 heterocycles. The first-order valence-corrected chi connectivity index (χ1v) is 9.65. The molecule has 2 atom stereocenters. The topological polar surface area (TPSA) is 54.3 Å². The highest BCUT2D eigenvalue weighted by Crippen LogP contribution is 2.35. The molecule has 0 aliphatic carbocycles. The quantitative estimate of drug-likeness (QED) is 0.720. The second-order valence-electron chi connectivity index (χ2n) is 7.50. The third kappa shape index (κ3) is 2.67. The maximum atomic E-state index is 12.7. The van der Waals surface area contributed by atoms with Crippen LogP contribution in [0.5, 0.6) is 0 Å². The van der Waals surface area contributed by atoms with Gasteiger partial charge in [-0.2, -0.15) is 0 Å². The number of aryl methyl sites for hydroxylation is 1. The van der Waals surface area contributed by atoms with E-state index in [2.05, 4.69) is 39.6 Å². The molecule has 27 heavy (non-hydrogen) atoms. The summed E-state index contributed by atoms with van der Waals surface area (Å²) in [6.45, 7) is 6.61. The van der Waals surface area contributed by atoms with Gasteiger partial charge in [0.25, 0.3) is 5.91 Å². The van der Waals surface area contributed by atoms with Gasteiger partial charge in [-0.15, -0.1) is 0 Å². The first-order valence-electron chi connectivity index (χ1n) is 9.65. The zero-order chi connectivity index (χ0) is 18.4. The average molecular weight is 361 g/mol. The molecule has 5 rings (SSSR count). The number of hydrogen-bond acceptors (Lipinski definition) is 4. The number of pyridine rings is 1. The van der Waals surface area contributed by atoms with Crippen molar-refractivity contribution in [2.24, 2.45) is 11.8 Å². The summed E-state index contributed by atoms with van der Waals surface area (Å²) >= 11 is 0. The van der Waals surface area contributed by atoms with Crippen LogP contribution in [0.1, 0.15) is 17.4 Å². The average Bonchev–Trinajstić information content (AvgIpc) is 3.38. The lowest BCUT2D eigenvalue weighted by Crippen LogP contribution is -2.34.